The van der Waals surface area contributed by atoms with Crippen LogP contribution >= 0.6 is 21.6 Å². The van der Waals surface area contributed by atoms with E-state index in [4.69, 9.17) is 4.74 Å². The lowest BCUT2D eigenvalue weighted by atomic mass is 9.91. The van der Waals surface area contributed by atoms with Crippen LogP contribution < -0.4 is 0 Å². The van der Waals surface area contributed by atoms with E-state index in [-0.39, 0.29) is 10.9 Å². The second-order valence-corrected chi connectivity index (χ2v) is 7.02. The maximum atomic E-state index is 5.91. The lowest BCUT2D eigenvalue weighted by molar-refractivity contribution is 0.0147. The van der Waals surface area contributed by atoms with Gasteiger partial charge in [0.25, 0.3) is 0 Å². The maximum Gasteiger partial charge on any atom is 0.123 e. The molecule has 0 spiro atoms. The van der Waals surface area contributed by atoms with Crippen molar-refractivity contribution in [2.45, 2.75) is 53.1 Å². The SMILES string of the molecule is CC(C)=C1SSC(OC(C)C)C1(C)C. The Kier molecular flexibility index (Phi) is 4.01. The van der Waals surface area contributed by atoms with Crippen molar-refractivity contribution >= 4 is 21.6 Å². The van der Waals surface area contributed by atoms with Gasteiger partial charge in [-0.1, -0.05) is 41.0 Å². The van der Waals surface area contributed by atoms with E-state index in [0.717, 1.165) is 0 Å². The van der Waals surface area contributed by atoms with Crippen LogP contribution in [0.5, 0.6) is 0 Å². The molecule has 1 aliphatic heterocycles. The fourth-order valence-corrected chi connectivity index (χ4v) is 5.52. The lowest BCUT2D eigenvalue weighted by Gasteiger charge is -2.28. The van der Waals surface area contributed by atoms with Crippen LogP contribution in [0.1, 0.15) is 41.5 Å². The van der Waals surface area contributed by atoms with E-state index in [1.54, 1.807) is 0 Å². The first-order chi connectivity index (χ1) is 6.35. The van der Waals surface area contributed by atoms with Gasteiger partial charge in [0.2, 0.25) is 0 Å². The molecule has 3 heteroatoms. The molecule has 0 aromatic carbocycles. The van der Waals surface area contributed by atoms with Crippen molar-refractivity contribution < 1.29 is 4.74 Å². The molecular weight excluding hydrogens is 212 g/mol. The van der Waals surface area contributed by atoms with Crippen molar-refractivity contribution in [1.82, 2.24) is 0 Å². The highest BCUT2D eigenvalue weighted by Gasteiger charge is 2.42. The number of allylic oxidation sites excluding steroid dienone is 1. The zero-order valence-corrected chi connectivity index (χ0v) is 11.5. The first kappa shape index (κ1) is 12.5. The van der Waals surface area contributed by atoms with Crippen LogP contribution in [0, 0.1) is 5.41 Å². The summed E-state index contributed by atoms with van der Waals surface area (Å²) in [5.41, 5.74) is 1.87. The molecule has 1 nitrogen and oxygen atoms in total. The molecule has 1 atom stereocenters. The van der Waals surface area contributed by atoms with Crippen molar-refractivity contribution in [2.24, 2.45) is 5.41 Å². The van der Waals surface area contributed by atoms with Gasteiger partial charge in [-0.2, -0.15) is 0 Å². The molecule has 82 valence electrons. The van der Waals surface area contributed by atoms with Gasteiger partial charge in [-0.3, -0.25) is 0 Å². The molecular formula is C11H20OS2. The van der Waals surface area contributed by atoms with Crippen LogP contribution in [0.25, 0.3) is 0 Å². The van der Waals surface area contributed by atoms with Crippen molar-refractivity contribution in [3.8, 4) is 0 Å². The van der Waals surface area contributed by atoms with Crippen LogP contribution in [0.3, 0.4) is 0 Å². The third-order valence-electron chi connectivity index (χ3n) is 2.24. The highest BCUT2D eigenvalue weighted by Crippen LogP contribution is 2.59. The zero-order chi connectivity index (χ0) is 10.9. The van der Waals surface area contributed by atoms with Crippen LogP contribution in [0.15, 0.2) is 10.5 Å². The zero-order valence-electron chi connectivity index (χ0n) is 9.88. The van der Waals surface area contributed by atoms with Gasteiger partial charge < -0.3 is 4.74 Å². The summed E-state index contributed by atoms with van der Waals surface area (Å²) in [4.78, 5) is 1.48. The molecule has 0 bridgehead atoms. The third kappa shape index (κ3) is 2.50. The molecule has 0 saturated carbocycles. The molecule has 0 aromatic heterocycles. The van der Waals surface area contributed by atoms with Gasteiger partial charge in [0.1, 0.15) is 5.44 Å². The fourth-order valence-electron chi connectivity index (χ4n) is 1.59. The second kappa shape index (κ2) is 4.50. The van der Waals surface area contributed by atoms with E-state index in [1.165, 1.54) is 10.5 Å². The minimum absolute atomic E-state index is 0.165. The molecule has 0 radical (unpaired) electrons. The Morgan fingerprint density at radius 2 is 1.93 bits per heavy atom. The third-order valence-corrected chi connectivity index (χ3v) is 5.63. The van der Waals surface area contributed by atoms with Gasteiger partial charge in [0.05, 0.1) is 6.10 Å². The minimum atomic E-state index is 0.165. The van der Waals surface area contributed by atoms with Crippen molar-refractivity contribution in [1.29, 1.82) is 0 Å². The van der Waals surface area contributed by atoms with Crippen molar-refractivity contribution in [3.05, 3.63) is 10.5 Å². The van der Waals surface area contributed by atoms with E-state index in [9.17, 15) is 0 Å². The molecule has 1 saturated heterocycles. The Bertz CT molecular complexity index is 240. The quantitative estimate of drug-likeness (QED) is 0.651. The molecule has 0 N–H and O–H groups in total. The molecule has 0 aliphatic carbocycles. The monoisotopic (exact) mass is 232 g/mol. The highest BCUT2D eigenvalue weighted by molar-refractivity contribution is 8.78. The summed E-state index contributed by atoms with van der Waals surface area (Å²) in [7, 11) is 3.73. The number of hydrogen-bond donors (Lipinski definition) is 0. The topological polar surface area (TPSA) is 9.23 Å². The molecule has 1 aliphatic rings. The summed E-state index contributed by atoms with van der Waals surface area (Å²) in [5, 5.41) is 0. The van der Waals surface area contributed by atoms with E-state index < -0.39 is 0 Å². The van der Waals surface area contributed by atoms with Crippen molar-refractivity contribution in [2.75, 3.05) is 0 Å². The molecule has 1 rings (SSSR count). The average Bonchev–Trinajstić information content (AvgIpc) is 2.26. The molecule has 0 amide bonds. The second-order valence-electron chi connectivity index (χ2n) is 4.75. The first-order valence-electron chi connectivity index (χ1n) is 5.02. The van der Waals surface area contributed by atoms with Crippen LogP contribution in [-0.4, -0.2) is 11.5 Å². The normalized spacial score (nSPS) is 25.9. The Balaban J connectivity index is 2.81. The van der Waals surface area contributed by atoms with E-state index in [2.05, 4.69) is 41.5 Å². The minimum Gasteiger partial charge on any atom is -0.363 e. The molecule has 14 heavy (non-hydrogen) atoms. The van der Waals surface area contributed by atoms with Gasteiger partial charge in [-0.25, -0.2) is 0 Å². The van der Waals surface area contributed by atoms with Crippen molar-refractivity contribution in [3.63, 3.8) is 0 Å². The van der Waals surface area contributed by atoms with E-state index in [0.29, 0.717) is 6.10 Å². The summed E-state index contributed by atoms with van der Waals surface area (Å²) in [6.45, 7) is 13.1. The predicted octanol–water partition coefficient (Wildman–Crippen LogP) is 4.45. The summed E-state index contributed by atoms with van der Waals surface area (Å²) >= 11 is 0. The lowest BCUT2D eigenvalue weighted by Crippen LogP contribution is -2.28. The highest BCUT2D eigenvalue weighted by atomic mass is 33.1. The Labute approximate surface area is 95.5 Å². The summed E-state index contributed by atoms with van der Waals surface area (Å²) in [6, 6.07) is 0. The standard InChI is InChI=1S/C11H20OS2/c1-7(2)9-11(5,6)10(14-13-9)12-8(3)4/h8,10H,1-6H3. The number of ether oxygens (including phenoxy) is 1. The first-order valence-corrected chi connectivity index (χ1v) is 7.23. The molecule has 1 unspecified atom stereocenters. The molecule has 0 aromatic rings. The number of hydrogen-bond acceptors (Lipinski definition) is 3. The summed E-state index contributed by atoms with van der Waals surface area (Å²) < 4.78 is 5.91. The van der Waals surface area contributed by atoms with Crippen LogP contribution in [-0.2, 0) is 4.74 Å². The number of rotatable bonds is 2. The fraction of sp³-hybridized carbons (Fsp3) is 0.818. The van der Waals surface area contributed by atoms with Gasteiger partial charge in [-0.05, 0) is 27.7 Å². The largest absolute Gasteiger partial charge is 0.363 e. The summed E-state index contributed by atoms with van der Waals surface area (Å²) in [5.74, 6) is 0. The summed E-state index contributed by atoms with van der Waals surface area (Å²) in [6.07, 6.45) is 0.309. The average molecular weight is 232 g/mol. The molecule has 1 fully saturated rings. The Morgan fingerprint density at radius 3 is 2.29 bits per heavy atom. The van der Waals surface area contributed by atoms with E-state index in [1.807, 2.05) is 21.6 Å². The Morgan fingerprint density at radius 1 is 1.36 bits per heavy atom. The van der Waals surface area contributed by atoms with Gasteiger partial charge >= 0.3 is 0 Å². The van der Waals surface area contributed by atoms with Gasteiger partial charge in [-0.15, -0.1) is 0 Å². The molecule has 1 heterocycles. The van der Waals surface area contributed by atoms with Crippen LogP contribution in [0.4, 0.5) is 0 Å². The Hall–Kier alpha value is 0.400. The van der Waals surface area contributed by atoms with Crippen LogP contribution in [0.2, 0.25) is 0 Å². The maximum absolute atomic E-state index is 5.91. The predicted molar refractivity (Wildman–Crippen MR) is 67.3 cm³/mol. The van der Waals surface area contributed by atoms with E-state index >= 15 is 0 Å². The smallest absolute Gasteiger partial charge is 0.123 e. The van der Waals surface area contributed by atoms with Gasteiger partial charge in [0, 0.05) is 10.3 Å². The van der Waals surface area contributed by atoms with Gasteiger partial charge in [0.15, 0.2) is 0 Å².